The summed E-state index contributed by atoms with van der Waals surface area (Å²) in [5.41, 5.74) is 5.47. The van der Waals surface area contributed by atoms with Crippen molar-refractivity contribution in [1.29, 1.82) is 0 Å². The van der Waals surface area contributed by atoms with Crippen LogP contribution in [0.4, 0.5) is 0 Å². The molecule has 0 atom stereocenters. The van der Waals surface area contributed by atoms with Gasteiger partial charge in [0.05, 0.1) is 11.9 Å². The second kappa shape index (κ2) is 2.70. The van der Waals surface area contributed by atoms with Gasteiger partial charge in [0, 0.05) is 10.9 Å². The Morgan fingerprint density at radius 1 is 1.23 bits per heavy atom. The number of aryl methyl sites for hydroxylation is 2. The van der Waals surface area contributed by atoms with Gasteiger partial charge in [0.2, 0.25) is 0 Å². The standard InChI is InChI=1S/C10H10N2S/c1-2-7-4-11-12-10(7)9-6-13-5-8(9)3-1/h4-6H,1-3H2,(H,11,12). The van der Waals surface area contributed by atoms with Crippen LogP contribution in [0.2, 0.25) is 0 Å². The minimum Gasteiger partial charge on any atom is -0.278 e. The summed E-state index contributed by atoms with van der Waals surface area (Å²) in [6.45, 7) is 0. The van der Waals surface area contributed by atoms with Gasteiger partial charge in [-0.05, 0) is 35.8 Å². The predicted molar refractivity (Wildman–Crippen MR) is 53.9 cm³/mol. The van der Waals surface area contributed by atoms with Crippen LogP contribution in [0.15, 0.2) is 17.0 Å². The van der Waals surface area contributed by atoms with Crippen LogP contribution in [0.25, 0.3) is 11.3 Å². The molecule has 0 radical (unpaired) electrons. The molecule has 0 amide bonds. The molecule has 0 saturated heterocycles. The summed E-state index contributed by atoms with van der Waals surface area (Å²) in [5.74, 6) is 0. The fourth-order valence-electron chi connectivity index (χ4n) is 1.94. The van der Waals surface area contributed by atoms with E-state index in [2.05, 4.69) is 21.0 Å². The maximum Gasteiger partial charge on any atom is 0.0693 e. The molecule has 1 N–H and O–H groups in total. The lowest BCUT2D eigenvalue weighted by Crippen LogP contribution is -1.82. The van der Waals surface area contributed by atoms with E-state index in [-0.39, 0.29) is 0 Å². The van der Waals surface area contributed by atoms with E-state index in [4.69, 9.17) is 0 Å². The average Bonchev–Trinajstić information content (AvgIpc) is 2.72. The number of H-pyrrole nitrogens is 1. The maximum absolute atomic E-state index is 4.10. The Morgan fingerprint density at radius 2 is 2.15 bits per heavy atom. The first-order valence-electron chi connectivity index (χ1n) is 4.53. The molecule has 2 nitrogen and oxygen atoms in total. The van der Waals surface area contributed by atoms with Crippen LogP contribution in [-0.4, -0.2) is 10.2 Å². The average molecular weight is 190 g/mol. The van der Waals surface area contributed by atoms with E-state index in [1.54, 1.807) is 11.3 Å². The SMILES string of the molecule is c1scc2c1CCCc1cn[nH]c1-2. The van der Waals surface area contributed by atoms with E-state index in [0.717, 1.165) is 6.42 Å². The van der Waals surface area contributed by atoms with Gasteiger partial charge in [-0.25, -0.2) is 0 Å². The first kappa shape index (κ1) is 7.33. The van der Waals surface area contributed by atoms with Crippen LogP contribution in [0.3, 0.4) is 0 Å². The zero-order chi connectivity index (χ0) is 8.67. The number of thiophene rings is 1. The Kier molecular flexibility index (Phi) is 1.52. The third kappa shape index (κ3) is 1.04. The Labute approximate surface area is 80.6 Å². The first-order chi connectivity index (χ1) is 6.45. The van der Waals surface area contributed by atoms with Crippen molar-refractivity contribution in [3.63, 3.8) is 0 Å². The highest BCUT2D eigenvalue weighted by Gasteiger charge is 2.15. The zero-order valence-corrected chi connectivity index (χ0v) is 8.03. The number of nitrogens with zero attached hydrogens (tertiary/aromatic N) is 1. The number of rotatable bonds is 0. The Hall–Kier alpha value is -1.09. The van der Waals surface area contributed by atoms with Crippen LogP contribution >= 0.6 is 11.3 Å². The monoisotopic (exact) mass is 190 g/mol. The van der Waals surface area contributed by atoms with Gasteiger partial charge < -0.3 is 0 Å². The lowest BCUT2D eigenvalue weighted by molar-refractivity contribution is 0.836. The molecule has 3 rings (SSSR count). The van der Waals surface area contributed by atoms with Gasteiger partial charge in [-0.15, -0.1) is 0 Å². The predicted octanol–water partition coefficient (Wildman–Crippen LogP) is 2.63. The third-order valence-electron chi connectivity index (χ3n) is 2.62. The number of hydrogen-bond donors (Lipinski definition) is 1. The fourth-order valence-corrected chi connectivity index (χ4v) is 2.82. The summed E-state index contributed by atoms with van der Waals surface area (Å²) in [5, 5.41) is 11.7. The molecular weight excluding hydrogens is 180 g/mol. The van der Waals surface area contributed by atoms with Crippen LogP contribution in [0, 0.1) is 0 Å². The van der Waals surface area contributed by atoms with Gasteiger partial charge in [0.25, 0.3) is 0 Å². The van der Waals surface area contributed by atoms with Gasteiger partial charge in [0.1, 0.15) is 0 Å². The number of hydrogen-bond acceptors (Lipinski definition) is 2. The molecule has 0 saturated carbocycles. The molecule has 0 bridgehead atoms. The van der Waals surface area contributed by atoms with Gasteiger partial charge in [0.15, 0.2) is 0 Å². The van der Waals surface area contributed by atoms with Crippen molar-refractivity contribution in [2.24, 2.45) is 0 Å². The van der Waals surface area contributed by atoms with Crippen LogP contribution in [-0.2, 0) is 12.8 Å². The van der Waals surface area contributed by atoms with Gasteiger partial charge >= 0.3 is 0 Å². The minimum absolute atomic E-state index is 1.16. The van der Waals surface area contributed by atoms with E-state index in [1.807, 2.05) is 6.20 Å². The lowest BCUT2D eigenvalue weighted by atomic mass is 10.1. The van der Waals surface area contributed by atoms with Gasteiger partial charge in [-0.1, -0.05) is 0 Å². The molecule has 2 aromatic rings. The normalized spacial score (nSPS) is 14.8. The molecular formula is C10H10N2S. The summed E-state index contributed by atoms with van der Waals surface area (Å²) in [6, 6.07) is 0. The van der Waals surface area contributed by atoms with Gasteiger partial charge in [-0.3, -0.25) is 5.10 Å². The maximum atomic E-state index is 4.10. The van der Waals surface area contributed by atoms with Crippen LogP contribution < -0.4 is 0 Å². The minimum atomic E-state index is 1.16. The van der Waals surface area contributed by atoms with Crippen molar-refractivity contribution in [2.75, 3.05) is 0 Å². The number of aromatic nitrogens is 2. The summed E-state index contributed by atoms with van der Waals surface area (Å²) in [4.78, 5) is 0. The molecule has 0 aromatic carbocycles. The molecule has 3 heteroatoms. The Morgan fingerprint density at radius 3 is 3.15 bits per heavy atom. The highest BCUT2D eigenvalue weighted by atomic mass is 32.1. The van der Waals surface area contributed by atoms with E-state index in [1.165, 1.54) is 35.2 Å². The quantitative estimate of drug-likeness (QED) is 0.679. The topological polar surface area (TPSA) is 28.7 Å². The highest BCUT2D eigenvalue weighted by molar-refractivity contribution is 7.08. The molecule has 0 spiro atoms. The molecule has 2 aromatic heterocycles. The van der Waals surface area contributed by atoms with E-state index in [9.17, 15) is 0 Å². The largest absolute Gasteiger partial charge is 0.278 e. The number of aromatic amines is 1. The molecule has 13 heavy (non-hydrogen) atoms. The number of fused-ring (bicyclic) bond motifs is 3. The number of nitrogens with one attached hydrogen (secondary N) is 1. The molecule has 2 heterocycles. The van der Waals surface area contributed by atoms with Gasteiger partial charge in [-0.2, -0.15) is 16.4 Å². The summed E-state index contributed by atoms with van der Waals surface area (Å²) in [6.07, 6.45) is 5.57. The highest BCUT2D eigenvalue weighted by Crippen LogP contribution is 2.32. The van der Waals surface area contributed by atoms with Crippen LogP contribution in [0.5, 0.6) is 0 Å². The fraction of sp³-hybridized carbons (Fsp3) is 0.300. The van der Waals surface area contributed by atoms with Crippen molar-refractivity contribution in [1.82, 2.24) is 10.2 Å². The summed E-state index contributed by atoms with van der Waals surface area (Å²) < 4.78 is 0. The lowest BCUT2D eigenvalue weighted by Gasteiger charge is -1.96. The Balaban J connectivity index is 2.27. The second-order valence-corrected chi connectivity index (χ2v) is 4.18. The van der Waals surface area contributed by atoms with E-state index >= 15 is 0 Å². The van der Waals surface area contributed by atoms with Crippen molar-refractivity contribution >= 4 is 11.3 Å². The summed E-state index contributed by atoms with van der Waals surface area (Å²) >= 11 is 1.78. The molecule has 0 unspecified atom stereocenters. The first-order valence-corrected chi connectivity index (χ1v) is 5.47. The molecule has 1 aliphatic rings. The third-order valence-corrected chi connectivity index (χ3v) is 3.41. The molecule has 0 fully saturated rings. The molecule has 0 aliphatic heterocycles. The summed E-state index contributed by atoms with van der Waals surface area (Å²) in [7, 11) is 0. The second-order valence-electron chi connectivity index (χ2n) is 3.43. The van der Waals surface area contributed by atoms with Crippen molar-refractivity contribution in [3.05, 3.63) is 28.1 Å². The Bertz CT molecular complexity index is 387. The molecule has 1 aliphatic carbocycles. The van der Waals surface area contributed by atoms with Crippen molar-refractivity contribution in [2.45, 2.75) is 19.3 Å². The van der Waals surface area contributed by atoms with Crippen molar-refractivity contribution in [3.8, 4) is 11.3 Å². The molecule has 66 valence electrons. The zero-order valence-electron chi connectivity index (χ0n) is 7.21. The van der Waals surface area contributed by atoms with Crippen LogP contribution in [0.1, 0.15) is 17.5 Å². The van der Waals surface area contributed by atoms with Crippen molar-refractivity contribution < 1.29 is 0 Å². The smallest absolute Gasteiger partial charge is 0.0693 e. The van der Waals surface area contributed by atoms with E-state index < -0.39 is 0 Å². The van der Waals surface area contributed by atoms with E-state index in [0.29, 0.717) is 0 Å².